The average Bonchev–Trinajstić information content (AvgIpc) is 3.05. The maximum Gasteiger partial charge on any atom is 0.228 e. The lowest BCUT2D eigenvalue weighted by molar-refractivity contribution is -0.135. The number of nitrogens with zero attached hydrogens (tertiary/aromatic N) is 1. The highest BCUT2D eigenvalue weighted by atomic mass is 32.1. The molecule has 2 unspecified atom stereocenters. The van der Waals surface area contributed by atoms with Crippen LogP contribution in [0.1, 0.15) is 36.3 Å². The normalized spacial score (nSPS) is 25.3. The SMILES string of the molecule is Cc1[nH]c(=S)sc1CC(=O)N1CCCCC1C1CNC(=O)C1. The second-order valence-corrected chi connectivity index (χ2v) is 7.93. The van der Waals surface area contributed by atoms with Gasteiger partial charge in [-0.05, 0) is 38.4 Å². The van der Waals surface area contributed by atoms with Gasteiger partial charge in [0.2, 0.25) is 11.8 Å². The summed E-state index contributed by atoms with van der Waals surface area (Å²) in [5.74, 6) is 0.544. The number of carbonyl (C=O) groups excluding carboxylic acids is 2. The number of hydrogen-bond donors (Lipinski definition) is 2. The molecule has 0 aromatic carbocycles. The lowest BCUT2D eigenvalue weighted by atomic mass is 9.89. The first-order valence-electron chi connectivity index (χ1n) is 7.79. The van der Waals surface area contributed by atoms with Gasteiger partial charge in [0.25, 0.3) is 0 Å². The predicted octanol–water partition coefficient (Wildman–Crippen LogP) is 2.17. The molecule has 2 N–H and O–H groups in total. The third-order valence-electron chi connectivity index (χ3n) is 4.66. The highest BCUT2D eigenvalue weighted by Crippen LogP contribution is 2.28. The Labute approximate surface area is 139 Å². The predicted molar refractivity (Wildman–Crippen MR) is 88.4 cm³/mol. The second-order valence-electron chi connectivity index (χ2n) is 6.16. The van der Waals surface area contributed by atoms with Crippen molar-refractivity contribution in [2.24, 2.45) is 5.92 Å². The van der Waals surface area contributed by atoms with E-state index in [4.69, 9.17) is 12.2 Å². The van der Waals surface area contributed by atoms with Crippen LogP contribution in [0.4, 0.5) is 0 Å². The minimum absolute atomic E-state index is 0.113. The zero-order chi connectivity index (χ0) is 15.7. The van der Waals surface area contributed by atoms with Crippen molar-refractivity contribution in [2.45, 2.75) is 45.1 Å². The molecule has 0 bridgehead atoms. The molecule has 0 spiro atoms. The Kier molecular flexibility index (Phi) is 4.63. The molecule has 0 aliphatic carbocycles. The molecule has 0 radical (unpaired) electrons. The van der Waals surface area contributed by atoms with Crippen molar-refractivity contribution >= 4 is 35.4 Å². The van der Waals surface area contributed by atoms with E-state index in [0.29, 0.717) is 19.4 Å². The van der Waals surface area contributed by atoms with E-state index in [-0.39, 0.29) is 23.8 Å². The van der Waals surface area contributed by atoms with E-state index in [9.17, 15) is 9.59 Å². The molecule has 3 rings (SSSR count). The van der Waals surface area contributed by atoms with Gasteiger partial charge in [-0.15, -0.1) is 11.3 Å². The fraction of sp³-hybridized carbons (Fsp3) is 0.667. The summed E-state index contributed by atoms with van der Waals surface area (Å²) in [4.78, 5) is 30.4. The van der Waals surface area contributed by atoms with E-state index in [0.717, 1.165) is 40.3 Å². The number of thiazole rings is 1. The van der Waals surface area contributed by atoms with Crippen LogP contribution in [0, 0.1) is 16.8 Å². The maximum absolute atomic E-state index is 12.8. The quantitative estimate of drug-likeness (QED) is 0.830. The van der Waals surface area contributed by atoms with Crippen LogP contribution in [0.15, 0.2) is 0 Å². The fourth-order valence-corrected chi connectivity index (χ4v) is 4.78. The standard InChI is InChI=1S/C15H21N3O2S2/c1-9-12(22-15(21)17-9)7-14(20)18-5-3-2-4-11(18)10-6-13(19)16-8-10/h10-11H,2-8H2,1H3,(H,16,19)(H,17,21). The Morgan fingerprint density at radius 3 is 2.91 bits per heavy atom. The van der Waals surface area contributed by atoms with Crippen molar-refractivity contribution in [2.75, 3.05) is 13.1 Å². The molecule has 2 aliphatic heterocycles. The first-order valence-corrected chi connectivity index (χ1v) is 9.02. The lowest BCUT2D eigenvalue weighted by Gasteiger charge is -2.39. The zero-order valence-electron chi connectivity index (χ0n) is 12.7. The van der Waals surface area contributed by atoms with Gasteiger partial charge in [0.05, 0.1) is 6.42 Å². The van der Waals surface area contributed by atoms with Crippen LogP contribution in [0.2, 0.25) is 0 Å². The van der Waals surface area contributed by atoms with Crippen molar-refractivity contribution in [3.63, 3.8) is 0 Å². The van der Waals surface area contributed by atoms with Gasteiger partial charge >= 0.3 is 0 Å². The Morgan fingerprint density at radius 2 is 2.27 bits per heavy atom. The molecule has 22 heavy (non-hydrogen) atoms. The minimum atomic E-state index is 0.113. The first-order chi connectivity index (χ1) is 10.5. The third kappa shape index (κ3) is 3.25. The summed E-state index contributed by atoms with van der Waals surface area (Å²) in [6, 6.07) is 0.201. The van der Waals surface area contributed by atoms with E-state index < -0.39 is 0 Å². The van der Waals surface area contributed by atoms with Gasteiger partial charge in [0.15, 0.2) is 3.95 Å². The minimum Gasteiger partial charge on any atom is -0.356 e. The van der Waals surface area contributed by atoms with Crippen LogP contribution in [0.5, 0.6) is 0 Å². The van der Waals surface area contributed by atoms with Crippen LogP contribution in [-0.4, -0.2) is 40.8 Å². The van der Waals surface area contributed by atoms with Crippen molar-refractivity contribution in [1.82, 2.24) is 15.2 Å². The van der Waals surface area contributed by atoms with E-state index in [1.165, 1.54) is 11.3 Å². The van der Waals surface area contributed by atoms with Crippen molar-refractivity contribution < 1.29 is 9.59 Å². The molecule has 120 valence electrons. The van der Waals surface area contributed by atoms with E-state index in [2.05, 4.69) is 10.3 Å². The molecule has 2 fully saturated rings. The third-order valence-corrected chi connectivity index (χ3v) is 5.99. The van der Waals surface area contributed by atoms with Gasteiger partial charge in [-0.3, -0.25) is 9.59 Å². The van der Waals surface area contributed by atoms with Gasteiger partial charge in [0, 0.05) is 42.0 Å². The van der Waals surface area contributed by atoms with E-state index in [1.807, 2.05) is 11.8 Å². The van der Waals surface area contributed by atoms with Gasteiger partial charge in [0.1, 0.15) is 0 Å². The van der Waals surface area contributed by atoms with Crippen LogP contribution < -0.4 is 5.32 Å². The molecule has 1 aromatic rings. The van der Waals surface area contributed by atoms with E-state index >= 15 is 0 Å². The molecular formula is C15H21N3O2S2. The van der Waals surface area contributed by atoms with Gasteiger partial charge in [-0.2, -0.15) is 0 Å². The molecule has 1 aromatic heterocycles. The van der Waals surface area contributed by atoms with E-state index in [1.54, 1.807) is 0 Å². The maximum atomic E-state index is 12.8. The molecule has 2 amide bonds. The van der Waals surface area contributed by atoms with Crippen LogP contribution in [0.25, 0.3) is 0 Å². The van der Waals surface area contributed by atoms with Crippen molar-refractivity contribution in [3.05, 3.63) is 14.5 Å². The number of aromatic amines is 1. The molecular weight excluding hydrogens is 318 g/mol. The smallest absolute Gasteiger partial charge is 0.228 e. The number of aromatic nitrogens is 1. The Hall–Kier alpha value is -1.21. The number of hydrogen-bond acceptors (Lipinski definition) is 4. The monoisotopic (exact) mass is 339 g/mol. The summed E-state index contributed by atoms with van der Waals surface area (Å²) in [7, 11) is 0. The Bertz CT molecular complexity index is 637. The summed E-state index contributed by atoms with van der Waals surface area (Å²) in [5, 5.41) is 2.89. The number of carbonyl (C=O) groups is 2. The fourth-order valence-electron chi connectivity index (χ4n) is 3.50. The molecule has 2 atom stereocenters. The molecule has 2 aliphatic rings. The Morgan fingerprint density at radius 1 is 1.45 bits per heavy atom. The molecule has 5 nitrogen and oxygen atoms in total. The number of likely N-dealkylation sites (tertiary alicyclic amines) is 1. The first kappa shape index (κ1) is 15.7. The topological polar surface area (TPSA) is 65.2 Å². The summed E-state index contributed by atoms with van der Waals surface area (Å²) in [6.07, 6.45) is 4.16. The average molecular weight is 339 g/mol. The summed E-state index contributed by atoms with van der Waals surface area (Å²) >= 11 is 6.63. The zero-order valence-corrected chi connectivity index (χ0v) is 14.3. The molecule has 2 saturated heterocycles. The number of piperidine rings is 1. The Balaban J connectivity index is 1.72. The molecule has 3 heterocycles. The van der Waals surface area contributed by atoms with Gasteiger partial charge in [-0.25, -0.2) is 0 Å². The number of amides is 2. The van der Waals surface area contributed by atoms with Crippen molar-refractivity contribution in [1.29, 1.82) is 0 Å². The number of H-pyrrole nitrogens is 1. The summed E-state index contributed by atoms with van der Waals surface area (Å²) < 4.78 is 0.723. The van der Waals surface area contributed by atoms with Crippen LogP contribution in [0.3, 0.4) is 0 Å². The summed E-state index contributed by atoms with van der Waals surface area (Å²) in [5.41, 5.74) is 0.995. The largest absolute Gasteiger partial charge is 0.356 e. The van der Waals surface area contributed by atoms with Gasteiger partial charge < -0.3 is 15.2 Å². The lowest BCUT2D eigenvalue weighted by Crippen LogP contribution is -2.48. The van der Waals surface area contributed by atoms with Crippen LogP contribution >= 0.6 is 23.6 Å². The van der Waals surface area contributed by atoms with Gasteiger partial charge in [-0.1, -0.05) is 0 Å². The number of aryl methyl sites for hydroxylation is 1. The summed E-state index contributed by atoms with van der Waals surface area (Å²) in [6.45, 7) is 3.47. The highest BCUT2D eigenvalue weighted by molar-refractivity contribution is 7.73. The number of nitrogens with one attached hydrogen (secondary N) is 2. The molecule has 7 heteroatoms. The van der Waals surface area contributed by atoms with Crippen molar-refractivity contribution in [3.8, 4) is 0 Å². The molecule has 0 saturated carbocycles. The highest BCUT2D eigenvalue weighted by Gasteiger charge is 2.36. The van der Waals surface area contributed by atoms with Crippen LogP contribution in [-0.2, 0) is 16.0 Å². The number of rotatable bonds is 3. The second kappa shape index (κ2) is 6.50.